The van der Waals surface area contributed by atoms with Crippen molar-refractivity contribution in [2.45, 2.75) is 103 Å². The molecule has 1 saturated carbocycles. The number of rotatable bonds is 2. The molecule has 6 aliphatic rings. The Kier molecular flexibility index (Phi) is 5.58. The van der Waals surface area contributed by atoms with Crippen LogP contribution in [0.25, 0.3) is 0 Å². The number of carbonyl (C=O) groups is 4. The van der Waals surface area contributed by atoms with Gasteiger partial charge in [0.05, 0.1) is 23.0 Å². The van der Waals surface area contributed by atoms with Crippen LogP contribution in [-0.4, -0.2) is 65.7 Å². The molecule has 6 rings (SSSR count). The minimum atomic E-state index is -1.65. The van der Waals surface area contributed by atoms with Gasteiger partial charge in [0, 0.05) is 32.8 Å². The number of ether oxygens (including phenoxy) is 7. The van der Waals surface area contributed by atoms with E-state index in [9.17, 15) is 19.2 Å². The Morgan fingerprint density at radius 1 is 0.975 bits per heavy atom. The van der Waals surface area contributed by atoms with Gasteiger partial charge in [0.2, 0.25) is 0 Å². The zero-order valence-corrected chi connectivity index (χ0v) is 24.2. The van der Waals surface area contributed by atoms with Crippen molar-refractivity contribution in [1.82, 2.24) is 0 Å². The monoisotopic (exact) mass is 562 g/mol. The second-order valence-corrected chi connectivity index (χ2v) is 13.5. The zero-order valence-electron chi connectivity index (χ0n) is 24.2. The predicted octanol–water partition coefficient (Wildman–Crippen LogP) is 2.79. The third-order valence-electron chi connectivity index (χ3n) is 10.8. The summed E-state index contributed by atoms with van der Waals surface area (Å²) < 4.78 is 43.6. The average Bonchev–Trinajstić information content (AvgIpc) is 3.10. The molecule has 1 aliphatic carbocycles. The fraction of sp³-hybridized carbons (Fsp3) is 0.793. The van der Waals surface area contributed by atoms with Crippen molar-refractivity contribution in [2.24, 2.45) is 34.5 Å². The summed E-state index contributed by atoms with van der Waals surface area (Å²) in [5, 5.41) is 0. The molecule has 220 valence electrons. The molecule has 0 aromatic rings. The lowest BCUT2D eigenvalue weighted by molar-refractivity contribution is -0.505. The fourth-order valence-corrected chi connectivity index (χ4v) is 9.14. The lowest BCUT2D eigenvalue weighted by atomic mass is 9.48. The van der Waals surface area contributed by atoms with Crippen molar-refractivity contribution in [3.8, 4) is 0 Å². The zero-order chi connectivity index (χ0) is 29.3. The molecule has 5 heterocycles. The molecule has 11 heteroatoms. The minimum Gasteiger partial charge on any atom is -0.462 e. The van der Waals surface area contributed by atoms with E-state index in [0.717, 1.165) is 0 Å². The maximum absolute atomic E-state index is 13.2. The van der Waals surface area contributed by atoms with E-state index in [1.807, 2.05) is 40.7 Å². The van der Waals surface area contributed by atoms with Gasteiger partial charge in [0.1, 0.15) is 17.6 Å². The van der Waals surface area contributed by atoms with E-state index in [0.29, 0.717) is 12.8 Å². The summed E-state index contributed by atoms with van der Waals surface area (Å²) in [6.07, 6.45) is 2.50. The molecule has 5 fully saturated rings. The largest absolute Gasteiger partial charge is 0.462 e. The lowest BCUT2D eigenvalue weighted by Crippen LogP contribution is -2.72. The van der Waals surface area contributed by atoms with E-state index < -0.39 is 87.6 Å². The van der Waals surface area contributed by atoms with E-state index in [-0.39, 0.29) is 12.5 Å². The molecule has 0 N–H and O–H groups in total. The van der Waals surface area contributed by atoms with Crippen LogP contribution in [0.5, 0.6) is 0 Å². The number of hydrogen-bond acceptors (Lipinski definition) is 11. The average molecular weight is 563 g/mol. The predicted molar refractivity (Wildman–Crippen MR) is 134 cm³/mol. The van der Waals surface area contributed by atoms with Gasteiger partial charge in [-0.15, -0.1) is 0 Å². The number of cyclic esters (lactones) is 1. The first-order valence-electron chi connectivity index (χ1n) is 14.0. The molecule has 5 aliphatic heterocycles. The molecule has 11 nitrogen and oxygen atoms in total. The number of hydrogen-bond donors (Lipinski definition) is 0. The summed E-state index contributed by atoms with van der Waals surface area (Å²) in [6, 6.07) is 0. The summed E-state index contributed by atoms with van der Waals surface area (Å²) in [5.41, 5.74) is -3.86. The SMILES string of the molecule is CC(=O)O[C@H]1C[C@H](C)[C@@]23C[C@@]4(C)[C@@H](C)[C@H]5C(=O)O[C@@](C)(O[C@]4(OC[C@@]24C=CC(=O)OC(C)(C)[C@H]14)O3)[C@H]5OC(C)=O. The van der Waals surface area contributed by atoms with Crippen LogP contribution in [-0.2, 0) is 52.3 Å². The van der Waals surface area contributed by atoms with Crippen LogP contribution in [0, 0.1) is 34.5 Å². The summed E-state index contributed by atoms with van der Waals surface area (Å²) >= 11 is 0. The smallest absolute Gasteiger partial charge is 0.330 e. The topological polar surface area (TPSA) is 133 Å². The van der Waals surface area contributed by atoms with Crippen LogP contribution < -0.4 is 0 Å². The molecule has 0 unspecified atom stereocenters. The van der Waals surface area contributed by atoms with Crippen LogP contribution >= 0.6 is 0 Å². The normalized spacial score (nSPS) is 51.7. The Bertz CT molecular complexity index is 1230. The van der Waals surface area contributed by atoms with Gasteiger partial charge in [0.25, 0.3) is 11.8 Å². The van der Waals surface area contributed by atoms with Crippen LogP contribution in [0.15, 0.2) is 12.2 Å². The fourth-order valence-electron chi connectivity index (χ4n) is 9.14. The van der Waals surface area contributed by atoms with Gasteiger partial charge in [-0.05, 0) is 38.5 Å². The Labute approximate surface area is 233 Å². The highest BCUT2D eigenvalue weighted by molar-refractivity contribution is 5.83. The Morgan fingerprint density at radius 3 is 2.30 bits per heavy atom. The van der Waals surface area contributed by atoms with Gasteiger partial charge in [-0.2, -0.15) is 0 Å². The maximum Gasteiger partial charge on any atom is 0.330 e. The van der Waals surface area contributed by atoms with E-state index in [1.54, 1.807) is 6.92 Å². The van der Waals surface area contributed by atoms with E-state index in [4.69, 9.17) is 33.2 Å². The first-order chi connectivity index (χ1) is 18.5. The van der Waals surface area contributed by atoms with Crippen LogP contribution in [0.2, 0.25) is 0 Å². The third kappa shape index (κ3) is 3.22. The molecule has 0 aromatic heterocycles. The molecular formula is C29H38O11. The van der Waals surface area contributed by atoms with Gasteiger partial charge in [-0.25, -0.2) is 4.79 Å². The van der Waals surface area contributed by atoms with Crippen molar-refractivity contribution in [3.05, 3.63) is 12.2 Å². The standard InChI is InChI=1S/C29H38O11/c1-14-11-18(35-16(3)30)21-24(5,6)37-19(32)9-10-27(21)13-34-29-25(7,12-28(14,27)40-29)15(2)20-22(36-17(4)31)26(8,39-29)38-23(20)33/h9-10,14-15,18,20-22H,11-13H2,1-8H3/t14-,15-,18-,20+,21-,22-,25-,26-,27+,28-,29-/m0/s1. The minimum absolute atomic E-state index is 0.0611. The molecule has 3 spiro atoms. The Morgan fingerprint density at radius 2 is 1.65 bits per heavy atom. The summed E-state index contributed by atoms with van der Waals surface area (Å²) in [5.74, 6) is -7.26. The number of fused-ring (bicyclic) bond motifs is 2. The molecule has 4 saturated heterocycles. The third-order valence-corrected chi connectivity index (χ3v) is 10.8. The number of carbonyl (C=O) groups excluding carboxylic acids is 4. The Balaban J connectivity index is 1.53. The van der Waals surface area contributed by atoms with Gasteiger partial charge >= 0.3 is 23.9 Å². The molecule has 40 heavy (non-hydrogen) atoms. The number of esters is 4. The molecule has 4 bridgehead atoms. The highest BCUT2D eigenvalue weighted by atomic mass is 16.9. The van der Waals surface area contributed by atoms with Crippen LogP contribution in [0.1, 0.15) is 68.2 Å². The van der Waals surface area contributed by atoms with Gasteiger partial charge in [-0.1, -0.05) is 26.8 Å². The van der Waals surface area contributed by atoms with E-state index in [2.05, 4.69) is 0 Å². The first-order valence-corrected chi connectivity index (χ1v) is 14.0. The summed E-state index contributed by atoms with van der Waals surface area (Å²) in [4.78, 5) is 50.4. The van der Waals surface area contributed by atoms with Crippen molar-refractivity contribution in [1.29, 1.82) is 0 Å². The maximum atomic E-state index is 13.2. The summed E-state index contributed by atoms with van der Waals surface area (Å²) in [6.45, 7) is 13.8. The van der Waals surface area contributed by atoms with E-state index >= 15 is 0 Å². The van der Waals surface area contributed by atoms with Crippen molar-refractivity contribution >= 4 is 23.9 Å². The Hall–Kier alpha value is -2.50. The van der Waals surface area contributed by atoms with Gasteiger partial charge in [-0.3, -0.25) is 19.1 Å². The van der Waals surface area contributed by atoms with Crippen LogP contribution in [0.3, 0.4) is 0 Å². The van der Waals surface area contributed by atoms with Crippen molar-refractivity contribution in [3.63, 3.8) is 0 Å². The van der Waals surface area contributed by atoms with Crippen molar-refractivity contribution < 1.29 is 52.3 Å². The lowest BCUT2D eigenvalue weighted by Gasteiger charge is -2.63. The second kappa shape index (κ2) is 8.07. The molecule has 11 atom stereocenters. The van der Waals surface area contributed by atoms with Gasteiger partial charge < -0.3 is 28.4 Å². The van der Waals surface area contributed by atoms with E-state index in [1.165, 1.54) is 19.9 Å². The molecular weight excluding hydrogens is 524 g/mol. The molecule has 0 amide bonds. The second-order valence-electron chi connectivity index (χ2n) is 13.5. The first kappa shape index (κ1) is 27.7. The van der Waals surface area contributed by atoms with Gasteiger partial charge in [0.15, 0.2) is 6.10 Å². The summed E-state index contributed by atoms with van der Waals surface area (Å²) in [7, 11) is 0. The highest BCUT2D eigenvalue weighted by Crippen LogP contribution is 2.74. The highest BCUT2D eigenvalue weighted by Gasteiger charge is 2.84. The quantitative estimate of drug-likeness (QED) is 0.363. The molecule has 0 aromatic carbocycles. The molecule has 0 radical (unpaired) electrons. The van der Waals surface area contributed by atoms with Crippen molar-refractivity contribution in [2.75, 3.05) is 6.61 Å². The van der Waals surface area contributed by atoms with Crippen LogP contribution in [0.4, 0.5) is 0 Å².